The first kappa shape index (κ1) is 21.0. The molecule has 0 radical (unpaired) electrons. The van der Waals surface area contributed by atoms with Gasteiger partial charge in [0.1, 0.15) is 5.82 Å². The van der Waals surface area contributed by atoms with Gasteiger partial charge in [-0.1, -0.05) is 18.2 Å². The highest BCUT2D eigenvalue weighted by Crippen LogP contribution is 2.27. The van der Waals surface area contributed by atoms with E-state index < -0.39 is 5.91 Å². The number of halogens is 1. The third-order valence-electron chi connectivity index (χ3n) is 4.76. The first-order valence-corrected chi connectivity index (χ1v) is 10.00. The summed E-state index contributed by atoms with van der Waals surface area (Å²) < 4.78 is 18.7. The zero-order valence-electron chi connectivity index (χ0n) is 17.2. The van der Waals surface area contributed by atoms with Gasteiger partial charge in [0, 0.05) is 10.9 Å². The Morgan fingerprint density at radius 2 is 1.91 bits per heavy atom. The summed E-state index contributed by atoms with van der Waals surface area (Å²) in [6.45, 7) is 2.23. The predicted octanol–water partition coefficient (Wildman–Crippen LogP) is 4.91. The maximum absolute atomic E-state index is 13.3. The lowest BCUT2D eigenvalue weighted by atomic mass is 10.0. The van der Waals surface area contributed by atoms with Crippen LogP contribution in [0.15, 0.2) is 77.9 Å². The first-order chi connectivity index (χ1) is 15.5. The number of ether oxygens (including phenoxy) is 1. The minimum absolute atomic E-state index is 0.0320. The highest BCUT2D eigenvalue weighted by molar-refractivity contribution is 6.07. The lowest BCUT2D eigenvalue weighted by Crippen LogP contribution is -2.18. The standard InChI is InChI=1S/C25H20FN3O3/c1-2-32-24-13-16(7-12-23(24)30)15-27-29-25(31)20-14-22(17-8-10-18(26)11-9-17)28-21-6-4-3-5-19(20)21/h3-15,30H,2H2,1H3,(H,29,31)/b27-15+. The van der Waals surface area contributed by atoms with Crippen molar-refractivity contribution >= 4 is 23.0 Å². The second-order valence-electron chi connectivity index (χ2n) is 6.94. The maximum Gasteiger partial charge on any atom is 0.272 e. The van der Waals surface area contributed by atoms with Crippen LogP contribution in [0, 0.1) is 5.82 Å². The zero-order valence-corrected chi connectivity index (χ0v) is 17.2. The van der Waals surface area contributed by atoms with Crippen LogP contribution in [0.5, 0.6) is 11.5 Å². The van der Waals surface area contributed by atoms with Crippen molar-refractivity contribution in [2.75, 3.05) is 6.61 Å². The Balaban J connectivity index is 1.62. The largest absolute Gasteiger partial charge is 0.504 e. The molecule has 0 fully saturated rings. The Morgan fingerprint density at radius 3 is 2.69 bits per heavy atom. The number of hydrogen-bond donors (Lipinski definition) is 2. The van der Waals surface area contributed by atoms with Gasteiger partial charge in [0.15, 0.2) is 11.5 Å². The lowest BCUT2D eigenvalue weighted by molar-refractivity contribution is 0.0956. The number of amides is 1. The lowest BCUT2D eigenvalue weighted by Gasteiger charge is -2.09. The van der Waals surface area contributed by atoms with Gasteiger partial charge in [0.25, 0.3) is 5.91 Å². The van der Waals surface area contributed by atoms with Crippen LogP contribution >= 0.6 is 0 Å². The van der Waals surface area contributed by atoms with Crippen molar-refractivity contribution < 1.29 is 19.0 Å². The van der Waals surface area contributed by atoms with Gasteiger partial charge in [-0.3, -0.25) is 4.79 Å². The van der Waals surface area contributed by atoms with Crippen molar-refractivity contribution in [3.05, 3.63) is 89.7 Å². The Bertz CT molecular complexity index is 1300. The molecular weight excluding hydrogens is 409 g/mol. The van der Waals surface area contributed by atoms with Gasteiger partial charge in [-0.15, -0.1) is 0 Å². The van der Waals surface area contributed by atoms with Gasteiger partial charge >= 0.3 is 0 Å². The fourth-order valence-electron chi connectivity index (χ4n) is 3.24. The van der Waals surface area contributed by atoms with Crippen molar-refractivity contribution in [2.45, 2.75) is 6.92 Å². The molecule has 6 nitrogen and oxygen atoms in total. The average Bonchev–Trinajstić information content (AvgIpc) is 2.81. The molecule has 0 unspecified atom stereocenters. The number of hydrazone groups is 1. The molecule has 0 atom stereocenters. The summed E-state index contributed by atoms with van der Waals surface area (Å²) in [4.78, 5) is 17.5. The Hall–Kier alpha value is -4.26. The predicted molar refractivity (Wildman–Crippen MR) is 121 cm³/mol. The van der Waals surface area contributed by atoms with Gasteiger partial charge in [-0.25, -0.2) is 14.8 Å². The molecule has 0 aliphatic rings. The molecule has 0 saturated carbocycles. The number of nitrogens with one attached hydrogen (secondary N) is 1. The molecule has 160 valence electrons. The van der Waals surface area contributed by atoms with Crippen LogP contribution in [-0.2, 0) is 0 Å². The van der Waals surface area contributed by atoms with Crippen LogP contribution in [0.3, 0.4) is 0 Å². The van der Waals surface area contributed by atoms with E-state index in [0.29, 0.717) is 45.6 Å². The number of rotatable bonds is 6. The number of aromatic nitrogens is 1. The molecule has 0 saturated heterocycles. The molecule has 0 bridgehead atoms. The molecule has 32 heavy (non-hydrogen) atoms. The molecule has 0 spiro atoms. The highest BCUT2D eigenvalue weighted by Gasteiger charge is 2.13. The Morgan fingerprint density at radius 1 is 1.12 bits per heavy atom. The number of benzene rings is 3. The van der Waals surface area contributed by atoms with Crippen LogP contribution in [0.4, 0.5) is 4.39 Å². The smallest absolute Gasteiger partial charge is 0.272 e. The van der Waals surface area contributed by atoms with Crippen LogP contribution < -0.4 is 10.2 Å². The molecule has 0 aliphatic carbocycles. The molecule has 4 rings (SSSR count). The summed E-state index contributed by atoms with van der Waals surface area (Å²) in [5.41, 5.74) is 5.47. The molecule has 3 aromatic carbocycles. The van der Waals surface area contributed by atoms with E-state index in [0.717, 1.165) is 0 Å². The number of fused-ring (bicyclic) bond motifs is 1. The summed E-state index contributed by atoms with van der Waals surface area (Å²) in [7, 11) is 0. The highest BCUT2D eigenvalue weighted by atomic mass is 19.1. The van der Waals surface area contributed by atoms with Gasteiger partial charge in [-0.2, -0.15) is 5.10 Å². The molecule has 1 amide bonds. The molecular formula is C25H20FN3O3. The summed E-state index contributed by atoms with van der Waals surface area (Å²) >= 11 is 0. The summed E-state index contributed by atoms with van der Waals surface area (Å²) in [5, 5.41) is 14.5. The summed E-state index contributed by atoms with van der Waals surface area (Å²) in [5.74, 6) is -0.382. The normalized spacial score (nSPS) is 11.1. The molecule has 1 heterocycles. The van der Waals surface area contributed by atoms with Gasteiger partial charge in [0.2, 0.25) is 0 Å². The number of aromatic hydroxyl groups is 1. The van der Waals surface area contributed by atoms with Crippen molar-refractivity contribution in [3.8, 4) is 22.8 Å². The third-order valence-corrected chi connectivity index (χ3v) is 4.76. The fourth-order valence-corrected chi connectivity index (χ4v) is 3.24. The molecule has 2 N–H and O–H groups in total. The Kier molecular flexibility index (Phi) is 6.07. The van der Waals surface area contributed by atoms with Gasteiger partial charge in [-0.05, 0) is 67.1 Å². The van der Waals surface area contributed by atoms with E-state index in [9.17, 15) is 14.3 Å². The number of carbonyl (C=O) groups excluding carboxylic acids is 1. The van der Waals surface area contributed by atoms with Crippen LogP contribution in [0.2, 0.25) is 0 Å². The number of phenolic OH excluding ortho intramolecular Hbond substituents is 1. The minimum atomic E-state index is -0.410. The maximum atomic E-state index is 13.3. The molecule has 7 heteroatoms. The molecule has 4 aromatic rings. The van der Waals surface area contributed by atoms with Crippen molar-refractivity contribution in [3.63, 3.8) is 0 Å². The van der Waals surface area contributed by atoms with E-state index in [1.54, 1.807) is 30.3 Å². The number of phenols is 1. The molecule has 1 aromatic heterocycles. The third kappa shape index (κ3) is 4.57. The number of carbonyl (C=O) groups is 1. The van der Waals surface area contributed by atoms with E-state index in [1.807, 2.05) is 31.2 Å². The van der Waals surface area contributed by atoms with Gasteiger partial charge < -0.3 is 9.84 Å². The summed E-state index contributed by atoms with van der Waals surface area (Å²) in [6, 6.07) is 19.7. The van der Waals surface area contributed by atoms with Crippen molar-refractivity contribution in [2.24, 2.45) is 5.10 Å². The number of pyridine rings is 1. The van der Waals surface area contributed by atoms with Crippen LogP contribution in [0.25, 0.3) is 22.2 Å². The van der Waals surface area contributed by atoms with E-state index in [1.165, 1.54) is 24.4 Å². The van der Waals surface area contributed by atoms with Crippen LogP contribution in [0.1, 0.15) is 22.8 Å². The van der Waals surface area contributed by atoms with E-state index >= 15 is 0 Å². The minimum Gasteiger partial charge on any atom is -0.504 e. The van der Waals surface area contributed by atoms with E-state index in [4.69, 9.17) is 4.74 Å². The topological polar surface area (TPSA) is 83.8 Å². The Labute approximate surface area is 184 Å². The van der Waals surface area contributed by atoms with Crippen molar-refractivity contribution in [1.29, 1.82) is 0 Å². The number of nitrogens with zero attached hydrogens (tertiary/aromatic N) is 2. The zero-order chi connectivity index (χ0) is 22.5. The van der Waals surface area contributed by atoms with E-state index in [2.05, 4.69) is 15.5 Å². The van der Waals surface area contributed by atoms with E-state index in [-0.39, 0.29) is 11.6 Å². The average molecular weight is 429 g/mol. The SMILES string of the molecule is CCOc1cc(/C=N/NC(=O)c2cc(-c3ccc(F)cc3)nc3ccccc23)ccc1O. The van der Waals surface area contributed by atoms with Gasteiger partial charge in [0.05, 0.1) is 29.6 Å². The quantitative estimate of drug-likeness (QED) is 0.337. The first-order valence-electron chi connectivity index (χ1n) is 10.00. The number of hydrogen-bond acceptors (Lipinski definition) is 5. The second-order valence-corrected chi connectivity index (χ2v) is 6.94. The second kappa shape index (κ2) is 9.26. The van der Waals surface area contributed by atoms with Crippen LogP contribution in [-0.4, -0.2) is 28.8 Å². The van der Waals surface area contributed by atoms with Crippen molar-refractivity contribution in [1.82, 2.24) is 10.4 Å². The number of para-hydroxylation sites is 1. The fraction of sp³-hybridized carbons (Fsp3) is 0.0800. The monoisotopic (exact) mass is 429 g/mol. The molecule has 0 aliphatic heterocycles. The summed E-state index contributed by atoms with van der Waals surface area (Å²) in [6.07, 6.45) is 1.46.